The Morgan fingerprint density at radius 1 is 1.04 bits per heavy atom. The number of nitrogens with two attached hydrogens (primary N) is 1. The Morgan fingerprint density at radius 3 is 2.33 bits per heavy atom. The molecule has 4 nitrogen and oxygen atoms in total. The lowest BCUT2D eigenvalue weighted by molar-refractivity contribution is -0.120. The van der Waals surface area contributed by atoms with Gasteiger partial charge in [0, 0.05) is 17.0 Å². The Labute approximate surface area is 155 Å². The maximum atomic E-state index is 12.2. The SMILES string of the molecule is Br.Nc1nc(-c2ccccc2)c(CC(=O)NCc2ccccc2)s1. The van der Waals surface area contributed by atoms with E-state index in [4.69, 9.17) is 5.73 Å². The molecule has 3 N–H and O–H groups in total. The van der Waals surface area contributed by atoms with Crippen LogP contribution in [0.5, 0.6) is 0 Å². The maximum absolute atomic E-state index is 12.2. The summed E-state index contributed by atoms with van der Waals surface area (Å²) in [6, 6.07) is 19.6. The number of carbonyl (C=O) groups is 1. The van der Waals surface area contributed by atoms with Crippen LogP contribution >= 0.6 is 28.3 Å². The van der Waals surface area contributed by atoms with Gasteiger partial charge in [-0.25, -0.2) is 4.98 Å². The van der Waals surface area contributed by atoms with E-state index in [-0.39, 0.29) is 29.3 Å². The molecule has 0 fully saturated rings. The fourth-order valence-corrected chi connectivity index (χ4v) is 3.17. The van der Waals surface area contributed by atoms with Crippen molar-refractivity contribution in [2.24, 2.45) is 0 Å². The largest absolute Gasteiger partial charge is 0.375 e. The van der Waals surface area contributed by atoms with Crippen molar-refractivity contribution in [2.75, 3.05) is 5.73 Å². The molecule has 0 saturated carbocycles. The van der Waals surface area contributed by atoms with Crippen LogP contribution in [-0.4, -0.2) is 10.9 Å². The van der Waals surface area contributed by atoms with Gasteiger partial charge in [0.15, 0.2) is 5.13 Å². The molecule has 1 heterocycles. The van der Waals surface area contributed by atoms with Gasteiger partial charge in [0.05, 0.1) is 12.1 Å². The number of nitrogens with zero attached hydrogens (tertiary/aromatic N) is 1. The van der Waals surface area contributed by atoms with Crippen LogP contribution in [0.3, 0.4) is 0 Å². The van der Waals surface area contributed by atoms with Gasteiger partial charge < -0.3 is 11.1 Å². The van der Waals surface area contributed by atoms with E-state index in [1.165, 1.54) is 11.3 Å². The van der Waals surface area contributed by atoms with Gasteiger partial charge in [0.1, 0.15) is 0 Å². The monoisotopic (exact) mass is 403 g/mol. The number of halogens is 1. The third-order valence-corrected chi connectivity index (χ3v) is 4.30. The van der Waals surface area contributed by atoms with E-state index in [1.54, 1.807) is 0 Å². The first-order valence-electron chi connectivity index (χ1n) is 7.33. The zero-order valence-electron chi connectivity index (χ0n) is 12.9. The quantitative estimate of drug-likeness (QED) is 0.679. The van der Waals surface area contributed by atoms with Crippen LogP contribution in [-0.2, 0) is 17.8 Å². The first-order chi connectivity index (χ1) is 11.2. The molecular weight excluding hydrogens is 386 g/mol. The fraction of sp³-hybridized carbons (Fsp3) is 0.111. The second-order valence-electron chi connectivity index (χ2n) is 5.13. The highest BCUT2D eigenvalue weighted by atomic mass is 79.9. The van der Waals surface area contributed by atoms with Crippen molar-refractivity contribution in [3.63, 3.8) is 0 Å². The number of thiazole rings is 1. The van der Waals surface area contributed by atoms with Gasteiger partial charge in [0.25, 0.3) is 0 Å². The minimum atomic E-state index is -0.0327. The van der Waals surface area contributed by atoms with Gasteiger partial charge in [0.2, 0.25) is 5.91 Å². The molecule has 3 aromatic rings. The number of hydrogen-bond acceptors (Lipinski definition) is 4. The summed E-state index contributed by atoms with van der Waals surface area (Å²) in [5.74, 6) is -0.0327. The Morgan fingerprint density at radius 2 is 1.67 bits per heavy atom. The zero-order chi connectivity index (χ0) is 16.1. The van der Waals surface area contributed by atoms with E-state index in [2.05, 4.69) is 10.3 Å². The molecule has 0 spiro atoms. The Balaban J connectivity index is 0.00000208. The van der Waals surface area contributed by atoms with Crippen LogP contribution in [0.2, 0.25) is 0 Å². The van der Waals surface area contributed by atoms with Crippen molar-refractivity contribution in [3.8, 4) is 11.3 Å². The second-order valence-corrected chi connectivity index (χ2v) is 6.24. The van der Waals surface area contributed by atoms with Gasteiger partial charge in [-0.15, -0.1) is 28.3 Å². The maximum Gasteiger partial charge on any atom is 0.225 e. The summed E-state index contributed by atoms with van der Waals surface area (Å²) >= 11 is 1.37. The number of amides is 1. The predicted octanol–water partition coefficient (Wildman–Crippen LogP) is 3.83. The highest BCUT2D eigenvalue weighted by molar-refractivity contribution is 8.93. The van der Waals surface area contributed by atoms with E-state index in [1.807, 2.05) is 60.7 Å². The van der Waals surface area contributed by atoms with Crippen LogP contribution in [0, 0.1) is 0 Å². The van der Waals surface area contributed by atoms with Crippen LogP contribution in [0.1, 0.15) is 10.4 Å². The van der Waals surface area contributed by atoms with Crippen LogP contribution in [0.4, 0.5) is 5.13 Å². The van der Waals surface area contributed by atoms with Gasteiger partial charge in [-0.1, -0.05) is 60.7 Å². The van der Waals surface area contributed by atoms with Gasteiger partial charge >= 0.3 is 0 Å². The van der Waals surface area contributed by atoms with Crippen LogP contribution in [0.15, 0.2) is 60.7 Å². The molecule has 0 aliphatic rings. The number of nitrogens with one attached hydrogen (secondary N) is 1. The number of rotatable bonds is 5. The van der Waals surface area contributed by atoms with Crippen LogP contribution in [0.25, 0.3) is 11.3 Å². The van der Waals surface area contributed by atoms with E-state index in [0.717, 1.165) is 21.7 Å². The molecule has 0 saturated heterocycles. The van der Waals surface area contributed by atoms with Crippen molar-refractivity contribution >= 4 is 39.4 Å². The van der Waals surface area contributed by atoms with Gasteiger partial charge in [-0.2, -0.15) is 0 Å². The summed E-state index contributed by atoms with van der Waals surface area (Å²) in [5.41, 5.74) is 8.68. The van der Waals surface area contributed by atoms with Gasteiger partial charge in [-0.05, 0) is 5.56 Å². The average Bonchev–Trinajstić information content (AvgIpc) is 2.95. The Kier molecular flexibility index (Phi) is 6.52. The summed E-state index contributed by atoms with van der Waals surface area (Å²) in [7, 11) is 0. The topological polar surface area (TPSA) is 68.0 Å². The third kappa shape index (κ3) is 4.66. The number of carbonyl (C=O) groups excluding carboxylic acids is 1. The molecule has 6 heteroatoms. The summed E-state index contributed by atoms with van der Waals surface area (Å²) < 4.78 is 0. The molecular formula is C18H18BrN3OS. The minimum Gasteiger partial charge on any atom is -0.375 e. The number of benzene rings is 2. The number of anilines is 1. The molecule has 0 aliphatic carbocycles. The molecule has 1 aromatic heterocycles. The van der Waals surface area contributed by atoms with E-state index < -0.39 is 0 Å². The standard InChI is InChI=1S/C18H17N3OS.BrH/c19-18-21-17(14-9-5-2-6-10-14)15(23-18)11-16(22)20-12-13-7-3-1-4-8-13;/h1-10H,11-12H2,(H2,19,21)(H,20,22);1H. The minimum absolute atomic E-state index is 0. The lowest BCUT2D eigenvalue weighted by atomic mass is 10.1. The lowest BCUT2D eigenvalue weighted by Crippen LogP contribution is -2.24. The molecule has 0 aliphatic heterocycles. The molecule has 1 amide bonds. The fourth-order valence-electron chi connectivity index (χ4n) is 2.32. The van der Waals surface area contributed by atoms with Gasteiger partial charge in [-0.3, -0.25) is 4.79 Å². The number of aromatic nitrogens is 1. The lowest BCUT2D eigenvalue weighted by Gasteiger charge is -2.05. The normalized spacial score (nSPS) is 10.0. The highest BCUT2D eigenvalue weighted by Gasteiger charge is 2.14. The van der Waals surface area contributed by atoms with Crippen molar-refractivity contribution in [1.29, 1.82) is 0 Å². The molecule has 24 heavy (non-hydrogen) atoms. The molecule has 0 bridgehead atoms. The van der Waals surface area contributed by atoms with Crippen molar-refractivity contribution in [3.05, 3.63) is 71.1 Å². The first-order valence-corrected chi connectivity index (χ1v) is 8.15. The predicted molar refractivity (Wildman–Crippen MR) is 104 cm³/mol. The Hall–Kier alpha value is -2.18. The molecule has 2 aromatic carbocycles. The second kappa shape index (κ2) is 8.61. The average molecular weight is 404 g/mol. The summed E-state index contributed by atoms with van der Waals surface area (Å²) in [6.07, 6.45) is 0.284. The summed E-state index contributed by atoms with van der Waals surface area (Å²) in [5, 5.41) is 3.42. The van der Waals surface area contributed by atoms with E-state index >= 15 is 0 Å². The molecule has 3 rings (SSSR count). The summed E-state index contributed by atoms with van der Waals surface area (Å²) in [6.45, 7) is 0.522. The zero-order valence-corrected chi connectivity index (χ0v) is 15.5. The van der Waals surface area contributed by atoms with E-state index in [0.29, 0.717) is 11.7 Å². The molecule has 0 atom stereocenters. The Bertz CT molecular complexity index is 791. The molecule has 124 valence electrons. The molecule has 0 unspecified atom stereocenters. The smallest absolute Gasteiger partial charge is 0.225 e. The third-order valence-electron chi connectivity index (χ3n) is 3.41. The van der Waals surface area contributed by atoms with Crippen molar-refractivity contribution < 1.29 is 4.79 Å². The van der Waals surface area contributed by atoms with Crippen molar-refractivity contribution in [1.82, 2.24) is 10.3 Å². The van der Waals surface area contributed by atoms with E-state index in [9.17, 15) is 4.79 Å². The van der Waals surface area contributed by atoms with Crippen LogP contribution < -0.4 is 11.1 Å². The molecule has 0 radical (unpaired) electrons. The summed E-state index contributed by atoms with van der Waals surface area (Å²) in [4.78, 5) is 17.5. The first kappa shape index (κ1) is 18.2. The number of hydrogen-bond donors (Lipinski definition) is 2. The van der Waals surface area contributed by atoms with Crippen molar-refractivity contribution in [2.45, 2.75) is 13.0 Å². The highest BCUT2D eigenvalue weighted by Crippen LogP contribution is 2.29. The number of nitrogen functional groups attached to an aromatic ring is 1.